The van der Waals surface area contributed by atoms with E-state index in [9.17, 15) is 13.2 Å². The first-order chi connectivity index (χ1) is 9.02. The fraction of sp³-hybridized carbons (Fsp3) is 0.0833. The Hall–Kier alpha value is -2.62. The minimum absolute atomic E-state index is 0.0123. The van der Waals surface area contributed by atoms with E-state index in [0.717, 1.165) is 6.07 Å². The minimum atomic E-state index is -4.49. The highest BCUT2D eigenvalue weighted by atomic mass is 19.4. The molecule has 0 unspecified atom stereocenters. The van der Waals surface area contributed by atoms with Crippen molar-refractivity contribution >= 4 is 11.5 Å². The molecule has 2 aromatic rings. The molecule has 1 N–H and O–H groups in total. The highest BCUT2D eigenvalue weighted by Crippen LogP contribution is 2.35. The fourth-order valence-electron chi connectivity index (χ4n) is 1.48. The molecule has 1 heterocycles. The van der Waals surface area contributed by atoms with Crippen molar-refractivity contribution in [1.29, 1.82) is 5.26 Å². The molecular formula is C12H7F3N4. The van der Waals surface area contributed by atoms with Crippen LogP contribution in [0.1, 0.15) is 11.3 Å². The molecule has 19 heavy (non-hydrogen) atoms. The molecule has 0 saturated heterocycles. The number of halogens is 3. The predicted octanol–water partition coefficient (Wildman–Crippen LogP) is 3.11. The van der Waals surface area contributed by atoms with Crippen LogP contribution in [0.2, 0.25) is 0 Å². The zero-order valence-corrected chi connectivity index (χ0v) is 9.44. The van der Waals surface area contributed by atoms with Crippen LogP contribution in [0, 0.1) is 11.3 Å². The number of para-hydroxylation sites is 1. The molecule has 0 atom stereocenters. The first-order valence-electron chi connectivity index (χ1n) is 5.16. The van der Waals surface area contributed by atoms with Gasteiger partial charge in [-0.15, -0.1) is 0 Å². The zero-order chi connectivity index (χ0) is 13.9. The van der Waals surface area contributed by atoms with Crippen LogP contribution in [0.5, 0.6) is 0 Å². The molecule has 0 aliphatic heterocycles. The standard InChI is InChI=1S/C12H7F3N4/c13-12(14,15)8-3-1-2-4-9(8)19-11-10(7-16)17-5-6-18-11/h1-6H,(H,18,19). The Bertz CT molecular complexity index is 631. The van der Waals surface area contributed by atoms with Gasteiger partial charge in [0.25, 0.3) is 0 Å². The van der Waals surface area contributed by atoms with E-state index < -0.39 is 11.7 Å². The molecule has 4 nitrogen and oxygen atoms in total. The summed E-state index contributed by atoms with van der Waals surface area (Å²) >= 11 is 0. The molecular weight excluding hydrogens is 257 g/mol. The van der Waals surface area contributed by atoms with Crippen LogP contribution in [0.3, 0.4) is 0 Å². The number of hydrogen-bond donors (Lipinski definition) is 1. The van der Waals surface area contributed by atoms with Crippen molar-refractivity contribution in [1.82, 2.24) is 9.97 Å². The third-order valence-corrected chi connectivity index (χ3v) is 2.29. The summed E-state index contributed by atoms with van der Waals surface area (Å²) in [6.07, 6.45) is -1.91. The van der Waals surface area contributed by atoms with Gasteiger partial charge in [0.05, 0.1) is 11.3 Å². The molecule has 0 spiro atoms. The lowest BCUT2D eigenvalue weighted by molar-refractivity contribution is -0.136. The van der Waals surface area contributed by atoms with E-state index in [1.807, 2.05) is 0 Å². The number of nitriles is 1. The van der Waals surface area contributed by atoms with Gasteiger partial charge in [-0.05, 0) is 12.1 Å². The average Bonchev–Trinajstić information content (AvgIpc) is 2.39. The number of aromatic nitrogens is 2. The fourth-order valence-corrected chi connectivity index (χ4v) is 1.48. The largest absolute Gasteiger partial charge is 0.418 e. The highest BCUT2D eigenvalue weighted by Gasteiger charge is 2.33. The van der Waals surface area contributed by atoms with Gasteiger partial charge in [0.2, 0.25) is 0 Å². The van der Waals surface area contributed by atoms with Gasteiger partial charge >= 0.3 is 6.18 Å². The lowest BCUT2D eigenvalue weighted by Crippen LogP contribution is -2.09. The van der Waals surface area contributed by atoms with E-state index in [0.29, 0.717) is 0 Å². The second kappa shape index (κ2) is 4.94. The van der Waals surface area contributed by atoms with Gasteiger partial charge in [-0.2, -0.15) is 18.4 Å². The maximum Gasteiger partial charge on any atom is 0.418 e. The normalized spacial score (nSPS) is 10.8. The van der Waals surface area contributed by atoms with E-state index in [2.05, 4.69) is 15.3 Å². The Kier molecular flexibility index (Phi) is 3.33. The van der Waals surface area contributed by atoms with E-state index in [1.54, 1.807) is 6.07 Å². The summed E-state index contributed by atoms with van der Waals surface area (Å²) in [5, 5.41) is 11.3. The lowest BCUT2D eigenvalue weighted by atomic mass is 10.1. The molecule has 7 heteroatoms. The molecule has 0 saturated carbocycles. The van der Waals surface area contributed by atoms with E-state index >= 15 is 0 Å². The molecule has 0 fully saturated rings. The molecule has 2 rings (SSSR count). The first-order valence-corrected chi connectivity index (χ1v) is 5.16. The Balaban J connectivity index is 2.43. The number of hydrogen-bond acceptors (Lipinski definition) is 4. The van der Waals surface area contributed by atoms with Gasteiger partial charge in [-0.3, -0.25) is 0 Å². The highest BCUT2D eigenvalue weighted by molar-refractivity contribution is 5.64. The summed E-state index contributed by atoms with van der Waals surface area (Å²) in [4.78, 5) is 7.52. The summed E-state index contributed by atoms with van der Waals surface area (Å²) < 4.78 is 38.4. The first kappa shape index (κ1) is 12.8. The van der Waals surface area contributed by atoms with Gasteiger partial charge in [-0.1, -0.05) is 12.1 Å². The van der Waals surface area contributed by atoms with Crippen molar-refractivity contribution in [3.8, 4) is 6.07 Å². The van der Waals surface area contributed by atoms with Crippen LogP contribution in [-0.4, -0.2) is 9.97 Å². The Morgan fingerprint density at radius 3 is 2.47 bits per heavy atom. The van der Waals surface area contributed by atoms with Crippen molar-refractivity contribution < 1.29 is 13.2 Å². The number of anilines is 2. The number of alkyl halides is 3. The number of nitrogens with one attached hydrogen (secondary N) is 1. The molecule has 0 bridgehead atoms. The molecule has 1 aromatic carbocycles. The molecule has 0 aliphatic rings. The summed E-state index contributed by atoms with van der Waals surface area (Å²) in [5.41, 5.74) is -1.07. The van der Waals surface area contributed by atoms with Crippen LogP contribution >= 0.6 is 0 Å². The summed E-state index contributed by atoms with van der Waals surface area (Å²) in [7, 11) is 0. The Morgan fingerprint density at radius 2 is 1.79 bits per heavy atom. The Morgan fingerprint density at radius 1 is 1.11 bits per heavy atom. The van der Waals surface area contributed by atoms with E-state index in [4.69, 9.17) is 5.26 Å². The van der Waals surface area contributed by atoms with Crippen LogP contribution < -0.4 is 5.32 Å². The SMILES string of the molecule is N#Cc1nccnc1Nc1ccccc1C(F)(F)F. The molecule has 0 radical (unpaired) electrons. The number of nitrogens with zero attached hydrogens (tertiary/aromatic N) is 3. The van der Waals surface area contributed by atoms with Crippen molar-refractivity contribution in [2.24, 2.45) is 0 Å². The number of rotatable bonds is 2. The smallest absolute Gasteiger partial charge is 0.337 e. The lowest BCUT2D eigenvalue weighted by Gasteiger charge is -2.13. The minimum Gasteiger partial charge on any atom is -0.337 e. The molecule has 96 valence electrons. The predicted molar refractivity (Wildman–Crippen MR) is 61.5 cm³/mol. The summed E-state index contributed by atoms with van der Waals surface area (Å²) in [6, 6.07) is 6.71. The third-order valence-electron chi connectivity index (χ3n) is 2.29. The summed E-state index contributed by atoms with van der Waals surface area (Å²) in [6.45, 7) is 0. The van der Waals surface area contributed by atoms with Crippen molar-refractivity contribution in [3.05, 3.63) is 47.9 Å². The quantitative estimate of drug-likeness (QED) is 0.905. The van der Waals surface area contributed by atoms with Crippen LogP contribution in [0.25, 0.3) is 0 Å². The maximum absolute atomic E-state index is 12.8. The summed E-state index contributed by atoms with van der Waals surface area (Å²) in [5.74, 6) is -0.0123. The van der Waals surface area contributed by atoms with E-state index in [1.165, 1.54) is 30.6 Å². The van der Waals surface area contributed by atoms with Crippen molar-refractivity contribution in [2.75, 3.05) is 5.32 Å². The topological polar surface area (TPSA) is 61.6 Å². The maximum atomic E-state index is 12.8. The van der Waals surface area contributed by atoms with Crippen molar-refractivity contribution in [2.45, 2.75) is 6.18 Å². The molecule has 0 aliphatic carbocycles. The average molecular weight is 264 g/mol. The van der Waals surface area contributed by atoms with Crippen LogP contribution in [0.15, 0.2) is 36.7 Å². The van der Waals surface area contributed by atoms with Gasteiger partial charge in [0.1, 0.15) is 6.07 Å². The third kappa shape index (κ3) is 2.80. The van der Waals surface area contributed by atoms with Crippen LogP contribution in [-0.2, 0) is 6.18 Å². The molecule has 1 aromatic heterocycles. The van der Waals surface area contributed by atoms with Gasteiger partial charge in [0, 0.05) is 12.4 Å². The van der Waals surface area contributed by atoms with Gasteiger partial charge < -0.3 is 5.32 Å². The molecule has 0 amide bonds. The Labute approximate surface area is 106 Å². The van der Waals surface area contributed by atoms with Gasteiger partial charge in [0.15, 0.2) is 11.5 Å². The van der Waals surface area contributed by atoms with E-state index in [-0.39, 0.29) is 17.2 Å². The second-order valence-corrected chi connectivity index (χ2v) is 3.53. The monoisotopic (exact) mass is 264 g/mol. The van der Waals surface area contributed by atoms with Crippen LogP contribution in [0.4, 0.5) is 24.7 Å². The second-order valence-electron chi connectivity index (χ2n) is 3.53. The van der Waals surface area contributed by atoms with Gasteiger partial charge in [-0.25, -0.2) is 9.97 Å². The van der Waals surface area contributed by atoms with Crippen molar-refractivity contribution in [3.63, 3.8) is 0 Å². The zero-order valence-electron chi connectivity index (χ0n) is 9.44. The number of benzene rings is 1.